The van der Waals surface area contributed by atoms with E-state index in [9.17, 15) is 4.79 Å². The first kappa shape index (κ1) is 15.7. The summed E-state index contributed by atoms with van der Waals surface area (Å²) in [5.41, 5.74) is 3.96. The van der Waals surface area contributed by atoms with Crippen LogP contribution in [0.15, 0.2) is 35.0 Å². The molecule has 0 aromatic heterocycles. The van der Waals surface area contributed by atoms with Crippen LogP contribution in [0.3, 0.4) is 0 Å². The molecule has 0 amide bonds. The average molecular weight is 273 g/mol. The van der Waals surface area contributed by atoms with E-state index in [-0.39, 0.29) is 5.56 Å². The van der Waals surface area contributed by atoms with Crippen molar-refractivity contribution in [3.8, 4) is 5.75 Å². The number of carboxylic acid groups (broad SMARTS) is 1. The Labute approximate surface area is 119 Å². The van der Waals surface area contributed by atoms with Crippen molar-refractivity contribution < 1.29 is 14.6 Å². The number of hydrogen-bond donors (Lipinski definition) is 1. The molecule has 0 atom stereocenters. The third-order valence-electron chi connectivity index (χ3n) is 2.56. The second kappa shape index (κ2) is 8.73. The van der Waals surface area contributed by atoms with Crippen LogP contribution in [-0.2, 0) is 0 Å². The van der Waals surface area contributed by atoms with Crippen LogP contribution in [0.25, 0.3) is 6.08 Å². The maximum Gasteiger partial charge on any atom is 0.339 e. The zero-order valence-electron chi connectivity index (χ0n) is 11.8. The molecule has 0 radical (unpaired) electrons. The molecular formula is C16H19NO3. The third kappa shape index (κ3) is 5.12. The largest absolute Gasteiger partial charge is 0.493 e. The van der Waals surface area contributed by atoms with Crippen molar-refractivity contribution in [3.05, 3.63) is 41.1 Å². The lowest BCUT2D eigenvalue weighted by atomic mass is 10.1. The smallest absolute Gasteiger partial charge is 0.339 e. The second-order valence-corrected chi connectivity index (χ2v) is 4.15. The minimum absolute atomic E-state index is 0.178. The normalized spacial score (nSPS) is 10.1. The second-order valence-electron chi connectivity index (χ2n) is 4.15. The summed E-state index contributed by atoms with van der Waals surface area (Å²) >= 11 is 0. The molecule has 0 aliphatic heterocycles. The van der Waals surface area contributed by atoms with Gasteiger partial charge in [-0.3, -0.25) is 4.99 Å². The van der Waals surface area contributed by atoms with Gasteiger partial charge in [-0.25, -0.2) is 4.79 Å². The lowest BCUT2D eigenvalue weighted by Crippen LogP contribution is -2.04. The number of unbranched alkanes of at least 4 members (excludes halogenated alkanes) is 1. The van der Waals surface area contributed by atoms with Crippen LogP contribution in [0, 0.1) is 0 Å². The molecule has 0 spiro atoms. The number of carbonyl (C=O) groups is 1. The molecule has 20 heavy (non-hydrogen) atoms. The number of rotatable bonds is 7. The molecule has 0 aliphatic rings. The molecule has 4 nitrogen and oxygen atoms in total. The first-order valence-electron chi connectivity index (χ1n) is 6.52. The van der Waals surface area contributed by atoms with Crippen LogP contribution in [-0.4, -0.2) is 30.9 Å². The molecule has 1 aromatic carbocycles. The number of ether oxygens (including phenoxy) is 1. The summed E-state index contributed by atoms with van der Waals surface area (Å²) in [5.74, 6) is -0.591. The van der Waals surface area contributed by atoms with Crippen LogP contribution >= 0.6 is 0 Å². The Morgan fingerprint density at radius 2 is 2.30 bits per heavy atom. The van der Waals surface area contributed by atoms with Crippen molar-refractivity contribution in [2.45, 2.75) is 19.8 Å². The van der Waals surface area contributed by atoms with Crippen LogP contribution in [0.2, 0.25) is 0 Å². The van der Waals surface area contributed by atoms with E-state index in [0.717, 1.165) is 18.4 Å². The van der Waals surface area contributed by atoms with Crippen molar-refractivity contribution in [1.29, 1.82) is 0 Å². The molecular weight excluding hydrogens is 254 g/mol. The number of hydrogen-bond acceptors (Lipinski definition) is 3. The Bertz CT molecular complexity index is 541. The summed E-state index contributed by atoms with van der Waals surface area (Å²) in [6.07, 6.45) is 6.95. The fraction of sp³-hybridized carbons (Fsp3) is 0.312. The van der Waals surface area contributed by atoms with Gasteiger partial charge >= 0.3 is 5.97 Å². The monoisotopic (exact) mass is 273 g/mol. The van der Waals surface area contributed by atoms with Crippen LogP contribution < -0.4 is 4.74 Å². The van der Waals surface area contributed by atoms with Gasteiger partial charge in [0.05, 0.1) is 6.61 Å². The van der Waals surface area contributed by atoms with E-state index in [2.05, 4.69) is 17.6 Å². The number of allylic oxidation sites excluding steroid dienone is 1. The Hall–Kier alpha value is -2.32. The van der Waals surface area contributed by atoms with Gasteiger partial charge in [-0.15, -0.1) is 5.73 Å². The fourth-order valence-electron chi connectivity index (χ4n) is 1.51. The zero-order chi connectivity index (χ0) is 14.8. The molecule has 1 aromatic rings. The Kier molecular flexibility index (Phi) is 6.87. The predicted molar refractivity (Wildman–Crippen MR) is 80.8 cm³/mol. The lowest BCUT2D eigenvalue weighted by molar-refractivity contribution is 0.0692. The highest BCUT2D eigenvalue weighted by molar-refractivity contribution is 5.91. The molecule has 1 rings (SSSR count). The summed E-state index contributed by atoms with van der Waals surface area (Å²) in [6.45, 7) is 2.57. The predicted octanol–water partition coefficient (Wildman–Crippen LogP) is 3.43. The van der Waals surface area contributed by atoms with E-state index < -0.39 is 5.97 Å². The minimum atomic E-state index is -0.985. The van der Waals surface area contributed by atoms with Crippen LogP contribution in [0.4, 0.5) is 0 Å². The first-order chi connectivity index (χ1) is 9.69. The number of benzene rings is 1. The summed E-state index contributed by atoms with van der Waals surface area (Å²) in [7, 11) is 1.68. The highest BCUT2D eigenvalue weighted by atomic mass is 16.5. The molecule has 106 valence electrons. The molecule has 0 unspecified atom stereocenters. The molecule has 0 bridgehead atoms. The highest BCUT2D eigenvalue weighted by Gasteiger charge is 2.11. The molecule has 0 saturated heterocycles. The van der Waals surface area contributed by atoms with E-state index in [1.807, 2.05) is 0 Å². The highest BCUT2D eigenvalue weighted by Crippen LogP contribution is 2.21. The number of aromatic carboxylic acids is 1. The van der Waals surface area contributed by atoms with Crippen molar-refractivity contribution in [3.63, 3.8) is 0 Å². The van der Waals surface area contributed by atoms with E-state index in [0.29, 0.717) is 12.4 Å². The van der Waals surface area contributed by atoms with Gasteiger partial charge in [-0.05, 0) is 36.3 Å². The summed E-state index contributed by atoms with van der Waals surface area (Å²) in [5, 5.41) is 9.13. The molecule has 4 heteroatoms. The molecule has 1 N–H and O–H groups in total. The van der Waals surface area contributed by atoms with Gasteiger partial charge in [0.15, 0.2) is 0 Å². The SMILES string of the molecule is CCCCOc1cc(C=C=C/C=N\C)ccc1C(=O)O. The number of aliphatic imine (C=N–C) groups is 1. The third-order valence-corrected chi connectivity index (χ3v) is 2.56. The van der Waals surface area contributed by atoms with Gasteiger partial charge < -0.3 is 9.84 Å². The zero-order valence-corrected chi connectivity index (χ0v) is 11.8. The van der Waals surface area contributed by atoms with Gasteiger partial charge in [0.1, 0.15) is 11.3 Å². The Morgan fingerprint density at radius 3 is 2.95 bits per heavy atom. The maximum absolute atomic E-state index is 11.1. The Balaban J connectivity index is 2.97. The van der Waals surface area contributed by atoms with Crippen LogP contribution in [0.5, 0.6) is 5.75 Å². The van der Waals surface area contributed by atoms with Gasteiger partial charge in [0.2, 0.25) is 0 Å². The quantitative estimate of drug-likeness (QED) is 0.470. The Morgan fingerprint density at radius 1 is 1.50 bits per heavy atom. The molecule has 0 heterocycles. The number of carboxylic acids is 1. The standard InChI is InChI=1S/C16H19NO3/c1-3-4-11-20-15-12-13(7-5-6-10-17-2)8-9-14(15)16(18)19/h6-10,12H,3-4,11H2,1-2H3,(H,18,19)/b17-10-. The van der Waals surface area contributed by atoms with Gasteiger partial charge in [0.25, 0.3) is 0 Å². The topological polar surface area (TPSA) is 58.9 Å². The van der Waals surface area contributed by atoms with Crippen LogP contribution in [0.1, 0.15) is 35.7 Å². The van der Waals surface area contributed by atoms with E-state index >= 15 is 0 Å². The summed E-state index contributed by atoms with van der Waals surface area (Å²) < 4.78 is 5.54. The first-order valence-corrected chi connectivity index (χ1v) is 6.52. The molecule has 0 fully saturated rings. The summed E-state index contributed by atoms with van der Waals surface area (Å²) in [4.78, 5) is 14.9. The van der Waals surface area contributed by atoms with Crippen molar-refractivity contribution in [2.75, 3.05) is 13.7 Å². The lowest BCUT2D eigenvalue weighted by Gasteiger charge is -2.09. The van der Waals surface area contributed by atoms with Gasteiger partial charge in [0, 0.05) is 13.3 Å². The van der Waals surface area contributed by atoms with Crippen molar-refractivity contribution in [1.82, 2.24) is 0 Å². The van der Waals surface area contributed by atoms with E-state index in [4.69, 9.17) is 9.84 Å². The fourth-order valence-corrected chi connectivity index (χ4v) is 1.51. The van der Waals surface area contributed by atoms with E-state index in [1.54, 1.807) is 43.6 Å². The minimum Gasteiger partial charge on any atom is -0.493 e. The maximum atomic E-state index is 11.1. The molecule has 0 aliphatic carbocycles. The van der Waals surface area contributed by atoms with Gasteiger partial charge in [-0.1, -0.05) is 19.4 Å². The average Bonchev–Trinajstić information content (AvgIpc) is 2.44. The molecule has 0 saturated carbocycles. The van der Waals surface area contributed by atoms with E-state index in [1.165, 1.54) is 0 Å². The van der Waals surface area contributed by atoms with Gasteiger partial charge in [-0.2, -0.15) is 0 Å². The van der Waals surface area contributed by atoms with Crippen molar-refractivity contribution in [2.24, 2.45) is 4.99 Å². The van der Waals surface area contributed by atoms with Crippen molar-refractivity contribution >= 4 is 18.3 Å². The number of nitrogens with zero attached hydrogens (tertiary/aromatic N) is 1. The summed E-state index contributed by atoms with van der Waals surface area (Å²) in [6, 6.07) is 4.98.